The molecule has 4 nitrogen and oxygen atoms in total. The van der Waals surface area contributed by atoms with Crippen molar-refractivity contribution >= 4 is 5.78 Å². The number of benzene rings is 1. The lowest BCUT2D eigenvalue weighted by Gasteiger charge is -2.58. The van der Waals surface area contributed by atoms with Gasteiger partial charge in [0.2, 0.25) is 0 Å². The van der Waals surface area contributed by atoms with Gasteiger partial charge in [-0.3, -0.25) is 4.79 Å². The summed E-state index contributed by atoms with van der Waals surface area (Å²) in [7, 11) is 3.94. The van der Waals surface area contributed by atoms with Crippen LogP contribution in [0.15, 0.2) is 12.1 Å². The van der Waals surface area contributed by atoms with Gasteiger partial charge in [-0.15, -0.1) is 0 Å². The van der Waals surface area contributed by atoms with Crippen molar-refractivity contribution in [2.24, 2.45) is 11.8 Å². The second-order valence-corrected chi connectivity index (χ2v) is 8.02. The zero-order valence-corrected chi connectivity index (χ0v) is 14.7. The molecule has 2 aliphatic carbocycles. The van der Waals surface area contributed by atoms with E-state index in [1.54, 1.807) is 7.11 Å². The topological polar surface area (TPSA) is 38.8 Å². The minimum Gasteiger partial charge on any atom is -0.493 e. The first kappa shape index (κ1) is 14.8. The number of likely N-dealkylation sites (tertiary alicyclic amines) is 1. The van der Waals surface area contributed by atoms with Crippen LogP contribution >= 0.6 is 0 Å². The van der Waals surface area contributed by atoms with E-state index in [1.807, 2.05) is 6.07 Å². The van der Waals surface area contributed by atoms with Crippen molar-refractivity contribution in [1.29, 1.82) is 0 Å². The van der Waals surface area contributed by atoms with Crippen molar-refractivity contribution in [3.8, 4) is 11.5 Å². The minimum atomic E-state index is -0.303. The lowest BCUT2D eigenvalue weighted by atomic mass is 9.50. The second kappa shape index (κ2) is 4.75. The van der Waals surface area contributed by atoms with Gasteiger partial charge in [-0.2, -0.15) is 0 Å². The predicted molar refractivity (Wildman–Crippen MR) is 90.7 cm³/mol. The Morgan fingerprint density at radius 3 is 3.00 bits per heavy atom. The average Bonchev–Trinajstić information content (AvgIpc) is 2.94. The molecule has 2 bridgehead atoms. The van der Waals surface area contributed by atoms with Gasteiger partial charge >= 0.3 is 0 Å². The van der Waals surface area contributed by atoms with Gasteiger partial charge < -0.3 is 14.4 Å². The number of rotatable bonds is 2. The number of likely N-dealkylation sites (N-methyl/N-ethyl adjacent to an activating group) is 1. The van der Waals surface area contributed by atoms with Gasteiger partial charge in [0.1, 0.15) is 0 Å². The highest BCUT2D eigenvalue weighted by Gasteiger charge is 2.67. The second-order valence-electron chi connectivity index (χ2n) is 8.02. The molecule has 0 N–H and O–H groups in total. The highest BCUT2D eigenvalue weighted by Crippen LogP contribution is 2.63. The number of carbonyl (C=O) groups is 1. The van der Waals surface area contributed by atoms with Crippen molar-refractivity contribution in [2.45, 2.75) is 50.2 Å². The molecule has 1 aromatic rings. The van der Waals surface area contributed by atoms with E-state index in [9.17, 15) is 4.79 Å². The number of carbonyl (C=O) groups excluding carboxylic acids is 1. The minimum absolute atomic E-state index is 0.114. The maximum Gasteiger partial charge on any atom is 0.177 e. The molecule has 4 aliphatic rings. The summed E-state index contributed by atoms with van der Waals surface area (Å²) in [5, 5.41) is 0. The van der Waals surface area contributed by atoms with Crippen molar-refractivity contribution in [3.05, 3.63) is 23.3 Å². The third-order valence-electron chi connectivity index (χ3n) is 7.29. The molecule has 2 heterocycles. The molecule has 2 fully saturated rings. The average molecular weight is 327 g/mol. The third kappa shape index (κ3) is 1.52. The number of methoxy groups -OCH3 is 1. The van der Waals surface area contributed by atoms with E-state index in [-0.39, 0.29) is 17.4 Å². The van der Waals surface area contributed by atoms with Gasteiger partial charge in [-0.05, 0) is 56.8 Å². The van der Waals surface area contributed by atoms with Crippen molar-refractivity contribution in [2.75, 3.05) is 20.7 Å². The summed E-state index contributed by atoms with van der Waals surface area (Å²) in [4.78, 5) is 15.7. The molecule has 0 amide bonds. The van der Waals surface area contributed by atoms with Crippen LogP contribution in [0.3, 0.4) is 0 Å². The van der Waals surface area contributed by atoms with Crippen LogP contribution in [0.1, 0.15) is 37.3 Å². The first-order valence-corrected chi connectivity index (χ1v) is 9.22. The molecule has 1 spiro atoms. The Morgan fingerprint density at radius 2 is 2.25 bits per heavy atom. The molecule has 24 heavy (non-hydrogen) atoms. The standard InChI is InChI=1S/C20H25NO3/c1-4-11-9-13-14-10-12-5-6-15(23-3)18-16(12)20(13,7-8-21(14)2)19(24-18)17(11)22/h5-6,11,13-14,19H,4,7-10H2,1-3H3/t11-,13?,14?,19-,20?/m0/s1. The fourth-order valence-electron chi connectivity index (χ4n) is 6.12. The molecule has 0 radical (unpaired) electrons. The van der Waals surface area contributed by atoms with E-state index in [1.165, 1.54) is 11.1 Å². The highest BCUT2D eigenvalue weighted by molar-refractivity contribution is 5.91. The van der Waals surface area contributed by atoms with E-state index < -0.39 is 0 Å². The predicted octanol–water partition coefficient (Wildman–Crippen LogP) is 2.57. The number of piperidine rings is 1. The number of ketones is 1. The molecular formula is C20H25NO3. The van der Waals surface area contributed by atoms with Crippen LogP contribution in [0.25, 0.3) is 0 Å². The summed E-state index contributed by atoms with van der Waals surface area (Å²) in [6, 6.07) is 4.74. The van der Waals surface area contributed by atoms with Crippen LogP contribution in [0.4, 0.5) is 0 Å². The normalized spacial score (nSPS) is 39.4. The fraction of sp³-hybridized carbons (Fsp3) is 0.650. The Kier molecular flexibility index (Phi) is 2.92. The number of hydrogen-bond donors (Lipinski definition) is 0. The third-order valence-corrected chi connectivity index (χ3v) is 7.29. The number of nitrogens with zero attached hydrogens (tertiary/aromatic N) is 1. The Morgan fingerprint density at radius 1 is 1.42 bits per heavy atom. The Balaban J connectivity index is 1.77. The first-order chi connectivity index (χ1) is 11.6. The summed E-state index contributed by atoms with van der Waals surface area (Å²) in [5.74, 6) is 2.63. The maximum absolute atomic E-state index is 13.2. The Hall–Kier alpha value is -1.55. The molecule has 0 aromatic heterocycles. The molecule has 5 rings (SSSR count). The molecule has 128 valence electrons. The van der Waals surface area contributed by atoms with Crippen LogP contribution < -0.4 is 9.47 Å². The summed E-state index contributed by atoms with van der Waals surface area (Å²) in [5.41, 5.74) is 2.56. The summed E-state index contributed by atoms with van der Waals surface area (Å²) in [6.07, 6.45) is 3.71. The lowest BCUT2D eigenvalue weighted by Crippen LogP contribution is -2.67. The van der Waals surface area contributed by atoms with Crippen LogP contribution in [0.2, 0.25) is 0 Å². The van der Waals surface area contributed by atoms with Crippen LogP contribution in [0.5, 0.6) is 11.5 Å². The van der Waals surface area contributed by atoms with Gasteiger partial charge in [-0.25, -0.2) is 0 Å². The van der Waals surface area contributed by atoms with Gasteiger partial charge in [0.15, 0.2) is 23.4 Å². The fourth-order valence-corrected chi connectivity index (χ4v) is 6.12. The van der Waals surface area contributed by atoms with E-state index >= 15 is 0 Å². The summed E-state index contributed by atoms with van der Waals surface area (Å²) < 4.78 is 12.0. The summed E-state index contributed by atoms with van der Waals surface area (Å²) in [6.45, 7) is 3.18. The van der Waals surface area contributed by atoms with E-state index in [4.69, 9.17) is 9.47 Å². The number of Topliss-reactive ketones (excluding diaryl/α,β-unsaturated/α-hetero) is 1. The lowest BCUT2D eigenvalue weighted by molar-refractivity contribution is -0.145. The number of ether oxygens (including phenoxy) is 2. The zero-order valence-electron chi connectivity index (χ0n) is 14.7. The Bertz CT molecular complexity index is 730. The number of hydrogen-bond acceptors (Lipinski definition) is 4. The zero-order chi connectivity index (χ0) is 16.6. The smallest absolute Gasteiger partial charge is 0.177 e. The van der Waals surface area contributed by atoms with Crippen LogP contribution in [-0.2, 0) is 16.6 Å². The molecular weight excluding hydrogens is 302 g/mol. The molecule has 1 aromatic carbocycles. The molecule has 4 heteroatoms. The molecule has 3 unspecified atom stereocenters. The van der Waals surface area contributed by atoms with Gasteiger partial charge in [0.25, 0.3) is 0 Å². The van der Waals surface area contributed by atoms with Gasteiger partial charge in [-0.1, -0.05) is 13.0 Å². The van der Waals surface area contributed by atoms with E-state index in [2.05, 4.69) is 24.9 Å². The molecule has 1 saturated carbocycles. The van der Waals surface area contributed by atoms with Crippen LogP contribution in [0, 0.1) is 11.8 Å². The molecule has 5 atom stereocenters. The Labute approximate surface area is 143 Å². The van der Waals surface area contributed by atoms with E-state index in [0.29, 0.717) is 17.7 Å². The maximum atomic E-state index is 13.2. The summed E-state index contributed by atoms with van der Waals surface area (Å²) >= 11 is 0. The van der Waals surface area contributed by atoms with Crippen molar-refractivity contribution in [1.82, 2.24) is 4.90 Å². The SMILES string of the molecule is CC[C@H]1CC2C3Cc4ccc(OC)c5c4C2(CCN3C)[C@@H](O5)C1=O. The highest BCUT2D eigenvalue weighted by atomic mass is 16.5. The first-order valence-electron chi connectivity index (χ1n) is 9.22. The monoisotopic (exact) mass is 327 g/mol. The molecule has 2 aliphatic heterocycles. The van der Waals surface area contributed by atoms with Crippen molar-refractivity contribution in [3.63, 3.8) is 0 Å². The molecule has 1 saturated heterocycles. The van der Waals surface area contributed by atoms with E-state index in [0.717, 1.165) is 43.7 Å². The largest absolute Gasteiger partial charge is 0.493 e. The van der Waals surface area contributed by atoms with Crippen LogP contribution in [-0.4, -0.2) is 43.5 Å². The van der Waals surface area contributed by atoms with Gasteiger partial charge in [0, 0.05) is 22.9 Å². The van der Waals surface area contributed by atoms with Crippen molar-refractivity contribution < 1.29 is 14.3 Å². The van der Waals surface area contributed by atoms with Gasteiger partial charge in [0.05, 0.1) is 7.11 Å². The quantitative estimate of drug-likeness (QED) is 0.837.